The van der Waals surface area contributed by atoms with E-state index in [1.165, 1.54) is 36.4 Å². The molecule has 0 aliphatic carbocycles. The van der Waals surface area contributed by atoms with Gasteiger partial charge in [-0.2, -0.15) is 8.78 Å². The quantitative estimate of drug-likeness (QED) is 0.468. The van der Waals surface area contributed by atoms with Gasteiger partial charge >= 0.3 is 6.61 Å². The van der Waals surface area contributed by atoms with Crippen molar-refractivity contribution >= 4 is 29.0 Å². The fourth-order valence-electron chi connectivity index (χ4n) is 3.49. The summed E-state index contributed by atoms with van der Waals surface area (Å²) in [4.78, 5) is 18.2. The molecular weight excluding hydrogens is 459 g/mol. The van der Waals surface area contributed by atoms with Crippen LogP contribution < -0.4 is 23.8 Å². The van der Waals surface area contributed by atoms with E-state index >= 15 is 0 Å². The van der Waals surface area contributed by atoms with E-state index in [-0.39, 0.29) is 45.1 Å². The second-order valence-corrected chi connectivity index (χ2v) is 7.76. The first-order valence-electron chi connectivity index (χ1n) is 9.36. The highest BCUT2D eigenvalue weighted by Crippen LogP contribution is 2.51. The maximum Gasteiger partial charge on any atom is 0.387 e. The van der Waals surface area contributed by atoms with Crippen molar-refractivity contribution in [2.24, 2.45) is 0 Å². The van der Waals surface area contributed by atoms with Crippen molar-refractivity contribution in [2.75, 3.05) is 20.3 Å². The van der Waals surface area contributed by atoms with Crippen molar-refractivity contribution in [1.82, 2.24) is 0 Å². The van der Waals surface area contributed by atoms with Crippen LogP contribution in [0, 0.1) is 0 Å². The van der Waals surface area contributed by atoms with Crippen LogP contribution in [0.2, 0.25) is 10.0 Å². The molecule has 7 nitrogen and oxygen atoms in total. The fourth-order valence-corrected chi connectivity index (χ4v) is 4.07. The summed E-state index contributed by atoms with van der Waals surface area (Å²) < 4.78 is 48.9. The highest BCUT2D eigenvalue weighted by molar-refractivity contribution is 6.36. The zero-order chi connectivity index (χ0) is 22.2. The summed E-state index contributed by atoms with van der Waals surface area (Å²) in [7, 11) is 1.44. The fraction of sp³-hybridized carbons (Fsp3) is 0.400. The number of benzene rings is 1. The van der Waals surface area contributed by atoms with Crippen molar-refractivity contribution in [3.05, 3.63) is 45.7 Å². The van der Waals surface area contributed by atoms with Crippen LogP contribution in [-0.2, 0) is 11.2 Å². The van der Waals surface area contributed by atoms with Gasteiger partial charge in [-0.3, -0.25) is 9.63 Å². The Balaban J connectivity index is 1.68. The van der Waals surface area contributed by atoms with Gasteiger partial charge in [0, 0.05) is 29.6 Å². The lowest BCUT2D eigenvalue weighted by Gasteiger charge is -2.31. The average molecular weight is 477 g/mol. The van der Waals surface area contributed by atoms with Gasteiger partial charge in [-0.15, -0.1) is 0 Å². The third kappa shape index (κ3) is 4.35. The molecule has 4 rings (SSSR count). The standard InChI is InChI=1S/C20H18Cl2F2NO6/c1-27-25-9-13(21)12(14(22)10-25)8-15(26)11-2-3-16(29-19(23)24)18-17(11)30-20(31-18)4-6-28-7-5-20/h2-3,9-10,19H,4-8H2,1H3/q+1. The minimum absolute atomic E-state index is 0.0319. The van der Waals surface area contributed by atoms with E-state index < -0.39 is 12.4 Å². The minimum Gasteiger partial charge on any atom is -0.447 e. The Labute approximate surface area is 186 Å². The van der Waals surface area contributed by atoms with E-state index in [4.69, 9.17) is 42.3 Å². The van der Waals surface area contributed by atoms with E-state index in [1.807, 2.05) is 0 Å². The van der Waals surface area contributed by atoms with Gasteiger partial charge in [-0.25, -0.2) is 0 Å². The van der Waals surface area contributed by atoms with Gasteiger partial charge in [0.15, 0.2) is 17.3 Å². The maximum absolute atomic E-state index is 13.1. The number of ether oxygens (including phenoxy) is 4. The predicted molar refractivity (Wildman–Crippen MR) is 104 cm³/mol. The van der Waals surface area contributed by atoms with Gasteiger partial charge in [0.05, 0.1) is 18.8 Å². The molecule has 1 fully saturated rings. The van der Waals surface area contributed by atoms with Crippen molar-refractivity contribution in [3.8, 4) is 17.2 Å². The molecule has 1 aromatic carbocycles. The minimum atomic E-state index is -3.06. The van der Waals surface area contributed by atoms with E-state index in [0.29, 0.717) is 31.6 Å². The summed E-state index contributed by atoms with van der Waals surface area (Å²) in [5, 5.41) is 0.463. The molecule has 0 bridgehead atoms. The third-order valence-electron chi connectivity index (χ3n) is 5.03. The second-order valence-electron chi connectivity index (χ2n) is 6.95. The number of hydrogen-bond acceptors (Lipinski definition) is 6. The smallest absolute Gasteiger partial charge is 0.387 e. The molecule has 1 spiro atoms. The summed E-state index contributed by atoms with van der Waals surface area (Å²) in [5.41, 5.74) is 0.540. The molecule has 0 radical (unpaired) electrons. The summed E-state index contributed by atoms with van der Waals surface area (Å²) in [5.74, 6) is -1.66. The Morgan fingerprint density at radius 3 is 2.42 bits per heavy atom. The van der Waals surface area contributed by atoms with Crippen LogP contribution in [0.4, 0.5) is 8.78 Å². The lowest BCUT2D eigenvalue weighted by atomic mass is 10.0. The predicted octanol–water partition coefficient (Wildman–Crippen LogP) is 3.64. The highest BCUT2D eigenvalue weighted by Gasteiger charge is 2.46. The molecule has 0 atom stereocenters. The van der Waals surface area contributed by atoms with E-state index in [1.54, 1.807) is 0 Å². The molecule has 2 aliphatic heterocycles. The Morgan fingerprint density at radius 1 is 1.16 bits per heavy atom. The molecule has 3 heterocycles. The zero-order valence-corrected chi connectivity index (χ0v) is 17.8. The monoisotopic (exact) mass is 476 g/mol. The number of alkyl halides is 2. The number of rotatable bonds is 6. The molecule has 31 heavy (non-hydrogen) atoms. The van der Waals surface area contributed by atoms with Crippen molar-refractivity contribution in [3.63, 3.8) is 0 Å². The number of hydrogen-bond donors (Lipinski definition) is 0. The van der Waals surface area contributed by atoms with Gasteiger partial charge in [0.25, 0.3) is 5.79 Å². The first-order chi connectivity index (χ1) is 14.8. The van der Waals surface area contributed by atoms with Crippen molar-refractivity contribution in [2.45, 2.75) is 31.7 Å². The maximum atomic E-state index is 13.1. The molecule has 2 aromatic rings. The van der Waals surface area contributed by atoms with Crippen LogP contribution in [0.3, 0.4) is 0 Å². The molecule has 2 aliphatic rings. The summed E-state index contributed by atoms with van der Waals surface area (Å²) in [6.07, 6.45) is 3.53. The number of aromatic nitrogens is 1. The molecule has 0 saturated carbocycles. The van der Waals surface area contributed by atoms with Crippen LogP contribution in [0.5, 0.6) is 17.2 Å². The van der Waals surface area contributed by atoms with Crippen LogP contribution in [0.1, 0.15) is 28.8 Å². The summed E-state index contributed by atoms with van der Waals surface area (Å²) in [6, 6.07) is 2.62. The summed E-state index contributed by atoms with van der Waals surface area (Å²) >= 11 is 12.5. The molecule has 166 valence electrons. The van der Waals surface area contributed by atoms with Gasteiger partial charge in [0.2, 0.25) is 18.1 Å². The van der Waals surface area contributed by atoms with E-state index in [2.05, 4.69) is 4.74 Å². The largest absolute Gasteiger partial charge is 0.447 e. The Hall–Kier alpha value is -2.36. The second kappa shape index (κ2) is 8.64. The molecule has 0 N–H and O–H groups in total. The van der Waals surface area contributed by atoms with Gasteiger partial charge < -0.3 is 18.9 Å². The molecule has 1 saturated heterocycles. The Bertz CT molecular complexity index is 990. The topological polar surface area (TPSA) is 67.1 Å². The zero-order valence-electron chi connectivity index (χ0n) is 16.3. The van der Waals surface area contributed by atoms with Crippen LogP contribution in [0.25, 0.3) is 0 Å². The number of fused-ring (bicyclic) bond motifs is 1. The SMILES string of the molecule is CO[n+]1cc(Cl)c(CC(=O)c2ccc(OC(F)F)c3c2OC2(CCOCC2)O3)c(Cl)c1. The average Bonchev–Trinajstić information content (AvgIpc) is 3.09. The van der Waals surface area contributed by atoms with Gasteiger partial charge in [0.1, 0.15) is 17.2 Å². The number of carbonyl (C=O) groups is 1. The molecular formula is C20H18Cl2F2NO6+. The van der Waals surface area contributed by atoms with E-state index in [0.717, 1.165) is 0 Å². The number of Topliss-reactive ketones (excluding diaryl/α,β-unsaturated/α-hetero) is 1. The number of nitrogens with zero attached hydrogens (tertiary/aromatic N) is 1. The molecule has 11 heteroatoms. The third-order valence-corrected chi connectivity index (χ3v) is 5.68. The molecule has 0 amide bonds. The van der Waals surface area contributed by atoms with Gasteiger partial charge in [-0.1, -0.05) is 23.2 Å². The first kappa shape index (κ1) is 21.9. The number of halogens is 4. The Morgan fingerprint density at radius 2 is 1.81 bits per heavy atom. The van der Waals surface area contributed by atoms with Crippen LogP contribution in [-0.4, -0.2) is 38.5 Å². The summed E-state index contributed by atoms with van der Waals surface area (Å²) in [6.45, 7) is -2.32. The number of carbonyl (C=O) groups excluding carboxylic acids is 1. The first-order valence-corrected chi connectivity index (χ1v) is 10.1. The van der Waals surface area contributed by atoms with E-state index in [9.17, 15) is 13.6 Å². The van der Waals surface area contributed by atoms with Crippen molar-refractivity contribution < 1.29 is 42.1 Å². The van der Waals surface area contributed by atoms with Crippen LogP contribution in [0.15, 0.2) is 24.5 Å². The lowest BCUT2D eigenvalue weighted by Crippen LogP contribution is -2.44. The molecule has 0 unspecified atom stereocenters. The molecule has 1 aromatic heterocycles. The number of ketones is 1. The number of pyridine rings is 1. The van der Waals surface area contributed by atoms with Gasteiger partial charge in [-0.05, 0) is 12.1 Å². The van der Waals surface area contributed by atoms with Crippen LogP contribution >= 0.6 is 23.2 Å². The highest BCUT2D eigenvalue weighted by atomic mass is 35.5. The van der Waals surface area contributed by atoms with Crippen molar-refractivity contribution in [1.29, 1.82) is 0 Å². The Kier molecular flexibility index (Phi) is 6.09. The normalized spacial score (nSPS) is 16.6. The lowest BCUT2D eigenvalue weighted by molar-refractivity contribution is -0.885.